The van der Waals surface area contributed by atoms with Crippen LogP contribution in [0, 0.1) is 5.92 Å². The molecule has 1 aromatic rings. The van der Waals surface area contributed by atoms with Crippen molar-refractivity contribution in [3.8, 4) is 0 Å². The van der Waals surface area contributed by atoms with Crippen molar-refractivity contribution in [2.24, 2.45) is 5.92 Å². The molecule has 0 fully saturated rings. The van der Waals surface area contributed by atoms with E-state index in [1.54, 1.807) is 11.1 Å². The molecule has 100 valence electrons. The predicted octanol–water partition coefficient (Wildman–Crippen LogP) is 4.13. The number of fused-ring (bicyclic) bond motifs is 1. The highest BCUT2D eigenvalue weighted by atomic mass is 14.9. The van der Waals surface area contributed by atoms with Gasteiger partial charge in [-0.3, -0.25) is 0 Å². The van der Waals surface area contributed by atoms with Crippen molar-refractivity contribution in [2.75, 3.05) is 7.05 Å². The van der Waals surface area contributed by atoms with Crippen LogP contribution in [0.3, 0.4) is 0 Å². The van der Waals surface area contributed by atoms with E-state index in [0.29, 0.717) is 6.04 Å². The average Bonchev–Trinajstić information content (AvgIpc) is 2.38. The Morgan fingerprint density at radius 1 is 1.28 bits per heavy atom. The van der Waals surface area contributed by atoms with Crippen molar-refractivity contribution in [1.29, 1.82) is 0 Å². The molecule has 18 heavy (non-hydrogen) atoms. The highest BCUT2D eigenvalue weighted by molar-refractivity contribution is 5.32. The van der Waals surface area contributed by atoms with E-state index < -0.39 is 0 Å². The molecule has 1 aliphatic carbocycles. The zero-order valence-electron chi connectivity index (χ0n) is 12.1. The molecule has 1 N–H and O–H groups in total. The maximum atomic E-state index is 3.51. The smallest absolute Gasteiger partial charge is 0.00723 e. The molecule has 0 saturated carbocycles. The fraction of sp³-hybridized carbons (Fsp3) is 0.647. The van der Waals surface area contributed by atoms with Gasteiger partial charge >= 0.3 is 0 Å². The monoisotopic (exact) mass is 245 g/mol. The van der Waals surface area contributed by atoms with E-state index >= 15 is 0 Å². The lowest BCUT2D eigenvalue weighted by molar-refractivity contribution is 0.375. The van der Waals surface area contributed by atoms with E-state index in [0.717, 1.165) is 11.8 Å². The van der Waals surface area contributed by atoms with Crippen LogP contribution < -0.4 is 5.32 Å². The first-order chi connectivity index (χ1) is 8.70. The predicted molar refractivity (Wildman–Crippen MR) is 79.0 cm³/mol. The normalized spacial score (nSPS) is 20.8. The maximum absolute atomic E-state index is 3.51. The SMILES string of the molecule is CNC(CC(C)C)CC1CCCc2ccccc21. The third-order valence-corrected chi connectivity index (χ3v) is 4.23. The van der Waals surface area contributed by atoms with Gasteiger partial charge in [0.25, 0.3) is 0 Å². The van der Waals surface area contributed by atoms with Gasteiger partial charge in [-0.1, -0.05) is 38.1 Å². The van der Waals surface area contributed by atoms with Gasteiger partial charge in [0.05, 0.1) is 0 Å². The summed E-state index contributed by atoms with van der Waals surface area (Å²) in [5.74, 6) is 1.55. The Balaban J connectivity index is 2.06. The minimum atomic E-state index is 0.668. The maximum Gasteiger partial charge on any atom is 0.00723 e. The standard InChI is InChI=1S/C17H27N/c1-13(2)11-16(18-3)12-15-9-6-8-14-7-4-5-10-17(14)15/h4-5,7,10,13,15-16,18H,6,8-9,11-12H2,1-3H3. The summed E-state index contributed by atoms with van der Waals surface area (Å²) >= 11 is 0. The Kier molecular flexibility index (Phi) is 4.82. The highest BCUT2D eigenvalue weighted by Crippen LogP contribution is 2.35. The summed E-state index contributed by atoms with van der Waals surface area (Å²) in [6, 6.07) is 9.72. The number of hydrogen-bond acceptors (Lipinski definition) is 1. The van der Waals surface area contributed by atoms with E-state index in [4.69, 9.17) is 0 Å². The van der Waals surface area contributed by atoms with Gasteiger partial charge in [-0.2, -0.15) is 0 Å². The van der Waals surface area contributed by atoms with Crippen LogP contribution in [0.25, 0.3) is 0 Å². The lowest BCUT2D eigenvalue weighted by Gasteiger charge is -2.29. The minimum absolute atomic E-state index is 0.668. The summed E-state index contributed by atoms with van der Waals surface area (Å²) in [6.07, 6.45) is 6.59. The summed E-state index contributed by atoms with van der Waals surface area (Å²) < 4.78 is 0. The van der Waals surface area contributed by atoms with Crippen molar-refractivity contribution in [3.63, 3.8) is 0 Å². The Morgan fingerprint density at radius 3 is 2.78 bits per heavy atom. The molecule has 0 radical (unpaired) electrons. The largest absolute Gasteiger partial charge is 0.317 e. The Labute approximate surface area is 112 Å². The molecule has 0 aliphatic heterocycles. The lowest BCUT2D eigenvalue weighted by Crippen LogP contribution is -2.29. The Morgan fingerprint density at radius 2 is 2.06 bits per heavy atom. The van der Waals surface area contributed by atoms with Crippen molar-refractivity contribution in [3.05, 3.63) is 35.4 Å². The molecular weight excluding hydrogens is 218 g/mol. The fourth-order valence-electron chi connectivity index (χ4n) is 3.34. The first-order valence-corrected chi connectivity index (χ1v) is 7.45. The molecule has 2 unspecified atom stereocenters. The van der Waals surface area contributed by atoms with E-state index in [1.807, 2.05) is 0 Å². The van der Waals surface area contributed by atoms with Crippen LogP contribution in [0.1, 0.15) is 56.6 Å². The van der Waals surface area contributed by atoms with Crippen LogP contribution in [0.4, 0.5) is 0 Å². The van der Waals surface area contributed by atoms with Crippen LogP contribution in [0.5, 0.6) is 0 Å². The lowest BCUT2D eigenvalue weighted by atomic mass is 9.78. The molecule has 0 heterocycles. The number of nitrogens with one attached hydrogen (secondary N) is 1. The average molecular weight is 245 g/mol. The summed E-state index contributed by atoms with van der Waals surface area (Å²) in [5.41, 5.74) is 3.21. The summed E-state index contributed by atoms with van der Waals surface area (Å²) in [6.45, 7) is 4.64. The molecule has 0 aromatic heterocycles. The van der Waals surface area contributed by atoms with E-state index in [2.05, 4.69) is 50.5 Å². The summed E-state index contributed by atoms with van der Waals surface area (Å²) in [5, 5.41) is 3.51. The third kappa shape index (κ3) is 3.35. The number of aryl methyl sites for hydroxylation is 1. The molecule has 1 heteroatoms. The molecule has 2 atom stereocenters. The second kappa shape index (κ2) is 6.38. The van der Waals surface area contributed by atoms with Gasteiger partial charge in [0, 0.05) is 6.04 Å². The van der Waals surface area contributed by atoms with Crippen LogP contribution in [0.2, 0.25) is 0 Å². The Hall–Kier alpha value is -0.820. The van der Waals surface area contributed by atoms with Gasteiger partial charge in [-0.25, -0.2) is 0 Å². The number of benzene rings is 1. The summed E-state index contributed by atoms with van der Waals surface area (Å²) in [4.78, 5) is 0. The second-order valence-electron chi connectivity index (χ2n) is 6.14. The first kappa shape index (κ1) is 13.6. The summed E-state index contributed by atoms with van der Waals surface area (Å²) in [7, 11) is 2.11. The molecule has 0 bridgehead atoms. The van der Waals surface area contributed by atoms with Gasteiger partial charge in [0.15, 0.2) is 0 Å². The molecule has 1 aromatic carbocycles. The first-order valence-electron chi connectivity index (χ1n) is 7.45. The van der Waals surface area contributed by atoms with Crippen molar-refractivity contribution >= 4 is 0 Å². The number of rotatable bonds is 5. The van der Waals surface area contributed by atoms with Gasteiger partial charge < -0.3 is 5.32 Å². The van der Waals surface area contributed by atoms with Crippen molar-refractivity contribution in [1.82, 2.24) is 5.32 Å². The van der Waals surface area contributed by atoms with E-state index in [1.165, 1.54) is 32.1 Å². The quantitative estimate of drug-likeness (QED) is 0.822. The van der Waals surface area contributed by atoms with Crippen LogP contribution in [0.15, 0.2) is 24.3 Å². The third-order valence-electron chi connectivity index (χ3n) is 4.23. The number of hydrogen-bond donors (Lipinski definition) is 1. The van der Waals surface area contributed by atoms with Crippen LogP contribution in [-0.4, -0.2) is 13.1 Å². The zero-order valence-corrected chi connectivity index (χ0v) is 12.1. The molecule has 0 amide bonds. The van der Waals surface area contributed by atoms with Crippen molar-refractivity contribution in [2.45, 2.75) is 57.9 Å². The molecule has 1 aliphatic rings. The zero-order chi connectivity index (χ0) is 13.0. The molecule has 1 nitrogen and oxygen atoms in total. The fourth-order valence-corrected chi connectivity index (χ4v) is 3.34. The van der Waals surface area contributed by atoms with Crippen LogP contribution >= 0.6 is 0 Å². The van der Waals surface area contributed by atoms with Crippen LogP contribution in [-0.2, 0) is 6.42 Å². The molecule has 0 saturated heterocycles. The van der Waals surface area contributed by atoms with E-state index in [-0.39, 0.29) is 0 Å². The van der Waals surface area contributed by atoms with Crippen molar-refractivity contribution < 1.29 is 0 Å². The molecule has 0 spiro atoms. The Bertz CT molecular complexity index is 370. The molecular formula is C17H27N. The minimum Gasteiger partial charge on any atom is -0.317 e. The topological polar surface area (TPSA) is 12.0 Å². The highest BCUT2D eigenvalue weighted by Gasteiger charge is 2.22. The van der Waals surface area contributed by atoms with Gasteiger partial charge in [0.1, 0.15) is 0 Å². The van der Waals surface area contributed by atoms with E-state index in [9.17, 15) is 0 Å². The van der Waals surface area contributed by atoms with Gasteiger partial charge in [0.2, 0.25) is 0 Å². The molecule has 2 rings (SSSR count). The second-order valence-corrected chi connectivity index (χ2v) is 6.14. The van der Waals surface area contributed by atoms with Gasteiger partial charge in [-0.05, 0) is 62.1 Å². The van der Waals surface area contributed by atoms with Gasteiger partial charge in [-0.15, -0.1) is 0 Å².